The third kappa shape index (κ3) is 4.80. The zero-order chi connectivity index (χ0) is 22.5. The third-order valence-corrected chi connectivity index (χ3v) is 5.93. The number of carbonyl (C=O) groups excluding carboxylic acids is 3. The van der Waals surface area contributed by atoms with Crippen molar-refractivity contribution in [3.63, 3.8) is 0 Å². The van der Waals surface area contributed by atoms with Gasteiger partial charge in [-0.3, -0.25) is 14.6 Å². The van der Waals surface area contributed by atoms with E-state index in [4.69, 9.17) is 10.5 Å². The van der Waals surface area contributed by atoms with E-state index in [1.54, 1.807) is 4.90 Å². The van der Waals surface area contributed by atoms with Crippen molar-refractivity contribution in [3.05, 3.63) is 66.2 Å². The van der Waals surface area contributed by atoms with Gasteiger partial charge >= 0.3 is 5.97 Å². The van der Waals surface area contributed by atoms with Crippen LogP contribution in [-0.4, -0.2) is 48.1 Å². The fourth-order valence-corrected chi connectivity index (χ4v) is 4.10. The molecule has 1 atom stereocenters. The monoisotopic (exact) mass is 434 g/mol. The Balaban J connectivity index is 1.40. The van der Waals surface area contributed by atoms with E-state index < -0.39 is 5.97 Å². The largest absolute Gasteiger partial charge is 0.451 e. The van der Waals surface area contributed by atoms with E-state index in [2.05, 4.69) is 5.10 Å². The van der Waals surface area contributed by atoms with Crippen LogP contribution in [0.5, 0.6) is 0 Å². The Kier molecular flexibility index (Phi) is 6.49. The Morgan fingerprint density at radius 1 is 0.969 bits per heavy atom. The maximum absolute atomic E-state index is 12.7. The third-order valence-electron chi connectivity index (χ3n) is 5.93. The number of nitrogens with zero attached hydrogens (tertiary/aromatic N) is 3. The molecule has 0 aromatic heterocycles. The molecule has 1 fully saturated rings. The minimum absolute atomic E-state index is 0.135. The molecule has 2 amide bonds. The fraction of sp³-hybridized carbons (Fsp3) is 0.333. The maximum atomic E-state index is 12.7. The minimum Gasteiger partial charge on any atom is -0.451 e. The highest BCUT2D eigenvalue weighted by molar-refractivity contribution is 6.37. The van der Waals surface area contributed by atoms with Crippen LogP contribution >= 0.6 is 0 Å². The molecule has 0 bridgehead atoms. The van der Waals surface area contributed by atoms with Crippen molar-refractivity contribution in [3.8, 4) is 0 Å². The number of amides is 2. The predicted molar refractivity (Wildman–Crippen MR) is 120 cm³/mol. The lowest BCUT2D eigenvalue weighted by atomic mass is 9.96. The molecule has 0 aliphatic carbocycles. The summed E-state index contributed by atoms with van der Waals surface area (Å²) >= 11 is 0. The molecular weight excluding hydrogens is 408 g/mol. The van der Waals surface area contributed by atoms with E-state index in [1.807, 2.05) is 65.7 Å². The summed E-state index contributed by atoms with van der Waals surface area (Å²) in [6.07, 6.45) is 1.45. The molecule has 2 aliphatic heterocycles. The van der Waals surface area contributed by atoms with Gasteiger partial charge in [-0.15, -0.1) is 0 Å². The number of carbonyl (C=O) groups is 3. The second-order valence-electron chi connectivity index (χ2n) is 7.99. The molecule has 166 valence electrons. The number of likely N-dealkylation sites (tertiary alicyclic amines) is 1. The molecule has 1 unspecified atom stereocenters. The Morgan fingerprint density at radius 3 is 2.22 bits per heavy atom. The number of esters is 1. The zero-order valence-corrected chi connectivity index (χ0v) is 17.7. The van der Waals surface area contributed by atoms with Crippen LogP contribution in [0.25, 0.3) is 0 Å². The topological polar surface area (TPSA) is 105 Å². The van der Waals surface area contributed by atoms with Gasteiger partial charge in [0.25, 0.3) is 5.91 Å². The van der Waals surface area contributed by atoms with Crippen LogP contribution in [0, 0.1) is 5.92 Å². The SMILES string of the molecule is NC(=O)C1CCN(C(=O)COC(=O)C2=NN(c3ccccc3)C(c3ccccc3)C2)CC1. The number of hydrogen-bond acceptors (Lipinski definition) is 6. The zero-order valence-electron chi connectivity index (χ0n) is 17.7. The Morgan fingerprint density at radius 2 is 1.59 bits per heavy atom. The van der Waals surface area contributed by atoms with Gasteiger partial charge in [0.2, 0.25) is 5.91 Å². The lowest BCUT2D eigenvalue weighted by Crippen LogP contribution is -2.43. The van der Waals surface area contributed by atoms with Crippen molar-refractivity contribution >= 4 is 29.2 Å². The van der Waals surface area contributed by atoms with Crippen LogP contribution < -0.4 is 10.7 Å². The number of ether oxygens (including phenoxy) is 1. The summed E-state index contributed by atoms with van der Waals surface area (Å²) in [4.78, 5) is 38.1. The van der Waals surface area contributed by atoms with Crippen LogP contribution in [0.2, 0.25) is 0 Å². The van der Waals surface area contributed by atoms with Crippen molar-refractivity contribution < 1.29 is 19.1 Å². The van der Waals surface area contributed by atoms with E-state index in [9.17, 15) is 14.4 Å². The molecule has 1 saturated heterocycles. The molecule has 0 spiro atoms. The number of piperidine rings is 1. The van der Waals surface area contributed by atoms with E-state index in [-0.39, 0.29) is 36.1 Å². The first-order chi connectivity index (χ1) is 15.5. The highest BCUT2D eigenvalue weighted by Gasteiger charge is 2.34. The highest BCUT2D eigenvalue weighted by Crippen LogP contribution is 2.35. The molecule has 2 aliphatic rings. The van der Waals surface area contributed by atoms with Crippen LogP contribution in [0.1, 0.15) is 30.9 Å². The number of hydrazone groups is 1. The summed E-state index contributed by atoms with van der Waals surface area (Å²) in [6.45, 7) is 0.520. The van der Waals surface area contributed by atoms with Gasteiger partial charge in [-0.05, 0) is 30.5 Å². The molecule has 0 radical (unpaired) electrons. The van der Waals surface area contributed by atoms with Gasteiger partial charge in [0.15, 0.2) is 6.61 Å². The van der Waals surface area contributed by atoms with Gasteiger partial charge in [0.1, 0.15) is 5.71 Å². The number of para-hydroxylation sites is 1. The smallest absolute Gasteiger partial charge is 0.355 e. The van der Waals surface area contributed by atoms with E-state index in [0.29, 0.717) is 32.4 Å². The average Bonchev–Trinajstić information content (AvgIpc) is 3.29. The first-order valence-corrected chi connectivity index (χ1v) is 10.7. The summed E-state index contributed by atoms with van der Waals surface area (Å²) in [5.74, 6) is -1.41. The summed E-state index contributed by atoms with van der Waals surface area (Å²) in [6, 6.07) is 19.4. The van der Waals surface area contributed by atoms with Crippen molar-refractivity contribution in [1.82, 2.24) is 4.90 Å². The summed E-state index contributed by atoms with van der Waals surface area (Å²) < 4.78 is 5.30. The van der Waals surface area contributed by atoms with Gasteiger partial charge in [0, 0.05) is 25.4 Å². The normalized spacial score (nSPS) is 18.9. The molecule has 4 rings (SSSR count). The first kappa shape index (κ1) is 21.5. The van der Waals surface area contributed by atoms with E-state index in [1.165, 1.54) is 0 Å². The Hall–Kier alpha value is -3.68. The van der Waals surface area contributed by atoms with Crippen molar-refractivity contribution in [2.45, 2.75) is 25.3 Å². The van der Waals surface area contributed by atoms with Gasteiger partial charge in [0.05, 0.1) is 11.7 Å². The van der Waals surface area contributed by atoms with Crippen LogP contribution in [-0.2, 0) is 19.1 Å². The summed E-state index contributed by atoms with van der Waals surface area (Å²) in [5, 5.41) is 6.36. The Bertz CT molecular complexity index is 1000. The number of primary amides is 1. The van der Waals surface area contributed by atoms with Gasteiger partial charge in [-0.2, -0.15) is 5.10 Å². The van der Waals surface area contributed by atoms with Crippen LogP contribution in [0.3, 0.4) is 0 Å². The molecule has 0 saturated carbocycles. The molecule has 2 aromatic rings. The van der Waals surface area contributed by atoms with Crippen molar-refractivity contribution in [2.75, 3.05) is 24.7 Å². The first-order valence-electron chi connectivity index (χ1n) is 10.7. The number of rotatable bonds is 6. The molecule has 2 N–H and O–H groups in total. The average molecular weight is 434 g/mol. The van der Waals surface area contributed by atoms with Gasteiger partial charge in [-0.1, -0.05) is 48.5 Å². The Labute approximate surface area is 186 Å². The number of anilines is 1. The number of benzene rings is 2. The lowest BCUT2D eigenvalue weighted by molar-refractivity contribution is -0.148. The quantitative estimate of drug-likeness (QED) is 0.702. The van der Waals surface area contributed by atoms with Crippen molar-refractivity contribution in [2.24, 2.45) is 16.8 Å². The molecule has 2 heterocycles. The number of nitrogens with two attached hydrogens (primary N) is 1. The van der Waals surface area contributed by atoms with E-state index >= 15 is 0 Å². The minimum atomic E-state index is -0.593. The molecule has 8 heteroatoms. The highest BCUT2D eigenvalue weighted by atomic mass is 16.5. The fourth-order valence-electron chi connectivity index (χ4n) is 4.10. The maximum Gasteiger partial charge on any atom is 0.355 e. The second-order valence-corrected chi connectivity index (χ2v) is 7.99. The van der Waals surface area contributed by atoms with Crippen molar-refractivity contribution in [1.29, 1.82) is 0 Å². The number of hydrogen-bond donors (Lipinski definition) is 1. The second kappa shape index (κ2) is 9.64. The molecular formula is C24H26N4O4. The molecule has 32 heavy (non-hydrogen) atoms. The molecule has 8 nitrogen and oxygen atoms in total. The summed E-state index contributed by atoms with van der Waals surface area (Å²) in [5.41, 5.74) is 7.53. The van der Waals surface area contributed by atoms with Gasteiger partial charge < -0.3 is 15.4 Å². The van der Waals surface area contributed by atoms with Gasteiger partial charge in [-0.25, -0.2) is 4.79 Å². The molecule has 2 aromatic carbocycles. The van der Waals surface area contributed by atoms with Crippen LogP contribution in [0.15, 0.2) is 65.8 Å². The summed E-state index contributed by atoms with van der Waals surface area (Å²) in [7, 11) is 0. The van der Waals surface area contributed by atoms with E-state index in [0.717, 1.165) is 11.3 Å². The standard InChI is InChI=1S/C24H26N4O4/c25-23(30)18-11-13-27(14-12-18)22(29)16-32-24(31)20-15-21(17-7-3-1-4-8-17)28(26-20)19-9-5-2-6-10-19/h1-10,18,21H,11-16H2,(H2,25,30). The van der Waals surface area contributed by atoms with Crippen LogP contribution in [0.4, 0.5) is 5.69 Å². The predicted octanol–water partition coefficient (Wildman–Crippen LogP) is 2.26. The lowest BCUT2D eigenvalue weighted by Gasteiger charge is -2.30.